The van der Waals surface area contributed by atoms with Gasteiger partial charge in [0.2, 0.25) is 0 Å². The van der Waals surface area contributed by atoms with Crippen LogP contribution in [0.2, 0.25) is 0 Å². The molecule has 0 radical (unpaired) electrons. The van der Waals surface area contributed by atoms with E-state index in [9.17, 15) is 0 Å². The number of benzene rings is 1. The Morgan fingerprint density at radius 1 is 1.28 bits per heavy atom. The summed E-state index contributed by atoms with van der Waals surface area (Å²) in [6, 6.07) is 10.7. The van der Waals surface area contributed by atoms with E-state index in [4.69, 9.17) is 4.74 Å². The highest BCUT2D eigenvalue weighted by atomic mass is 16.5. The third-order valence-electron chi connectivity index (χ3n) is 3.20. The number of hydrogen-bond acceptors (Lipinski definition) is 3. The Morgan fingerprint density at radius 2 is 2.11 bits per heavy atom. The number of nitrogens with one attached hydrogen (secondary N) is 1. The predicted molar refractivity (Wildman–Crippen MR) is 74.9 cm³/mol. The molecular weight excluding hydrogens is 224 g/mol. The van der Waals surface area contributed by atoms with Crippen LogP contribution >= 0.6 is 0 Å². The van der Waals surface area contributed by atoms with E-state index < -0.39 is 0 Å². The summed E-state index contributed by atoms with van der Waals surface area (Å²) in [5, 5.41) is 4.56. The normalized spacial score (nSPS) is 12.6. The molecule has 0 amide bonds. The summed E-state index contributed by atoms with van der Waals surface area (Å²) < 4.78 is 5.35. The van der Waals surface area contributed by atoms with Crippen LogP contribution in [0.4, 0.5) is 0 Å². The number of para-hydroxylation sites is 1. The molecule has 2 aromatic rings. The van der Waals surface area contributed by atoms with Gasteiger partial charge in [0, 0.05) is 18.0 Å². The van der Waals surface area contributed by atoms with Crippen LogP contribution in [0.15, 0.2) is 30.3 Å². The minimum Gasteiger partial charge on any atom is -0.494 e. The van der Waals surface area contributed by atoms with Gasteiger partial charge in [0.05, 0.1) is 12.8 Å². The van der Waals surface area contributed by atoms with Crippen molar-refractivity contribution in [3.8, 4) is 5.75 Å². The quantitative estimate of drug-likeness (QED) is 0.877. The molecule has 1 unspecified atom stereocenters. The number of ether oxygens (including phenoxy) is 1. The first-order valence-electron chi connectivity index (χ1n) is 6.40. The van der Waals surface area contributed by atoms with Gasteiger partial charge in [-0.25, -0.2) is 4.98 Å². The van der Waals surface area contributed by atoms with Crippen LogP contribution in [-0.2, 0) is 6.54 Å². The lowest BCUT2D eigenvalue weighted by atomic mass is 10.2. The van der Waals surface area contributed by atoms with Crippen molar-refractivity contribution in [3.63, 3.8) is 0 Å². The third kappa shape index (κ3) is 2.79. The maximum absolute atomic E-state index is 5.35. The van der Waals surface area contributed by atoms with Gasteiger partial charge < -0.3 is 10.1 Å². The van der Waals surface area contributed by atoms with Gasteiger partial charge in [-0.3, -0.25) is 0 Å². The fourth-order valence-corrected chi connectivity index (χ4v) is 1.85. The topological polar surface area (TPSA) is 34.1 Å². The zero-order chi connectivity index (χ0) is 13.0. The highest BCUT2D eigenvalue weighted by molar-refractivity contribution is 5.84. The van der Waals surface area contributed by atoms with Gasteiger partial charge in [-0.15, -0.1) is 0 Å². The van der Waals surface area contributed by atoms with Gasteiger partial charge in [-0.05, 0) is 25.5 Å². The van der Waals surface area contributed by atoms with Crippen LogP contribution in [0.3, 0.4) is 0 Å². The molecule has 3 heteroatoms. The molecule has 96 valence electrons. The number of nitrogens with zero attached hydrogens (tertiary/aromatic N) is 1. The largest absolute Gasteiger partial charge is 0.494 e. The highest BCUT2D eigenvalue weighted by Crippen LogP contribution is 2.23. The molecule has 0 bridgehead atoms. The van der Waals surface area contributed by atoms with Gasteiger partial charge in [0.1, 0.15) is 11.3 Å². The van der Waals surface area contributed by atoms with Gasteiger partial charge in [0.25, 0.3) is 0 Å². The molecule has 0 spiro atoms. The van der Waals surface area contributed by atoms with Crippen molar-refractivity contribution in [1.82, 2.24) is 10.3 Å². The first-order chi connectivity index (χ1) is 8.74. The molecule has 1 aromatic carbocycles. The van der Waals surface area contributed by atoms with E-state index in [2.05, 4.69) is 42.3 Å². The Labute approximate surface area is 108 Å². The van der Waals surface area contributed by atoms with E-state index in [0.717, 1.165) is 35.3 Å². The Balaban J connectivity index is 2.25. The van der Waals surface area contributed by atoms with E-state index in [1.165, 1.54) is 0 Å². The summed E-state index contributed by atoms with van der Waals surface area (Å²) in [5.41, 5.74) is 1.98. The second kappa shape index (κ2) is 5.83. The van der Waals surface area contributed by atoms with E-state index in [0.29, 0.717) is 6.04 Å². The average Bonchev–Trinajstić information content (AvgIpc) is 2.43. The molecule has 0 saturated carbocycles. The zero-order valence-corrected chi connectivity index (χ0v) is 11.2. The number of fused-ring (bicyclic) bond motifs is 1. The zero-order valence-electron chi connectivity index (χ0n) is 11.2. The van der Waals surface area contributed by atoms with Crippen molar-refractivity contribution in [3.05, 3.63) is 36.0 Å². The molecule has 1 heterocycles. The number of aromatic nitrogens is 1. The molecule has 0 aliphatic heterocycles. The maximum Gasteiger partial charge on any atom is 0.145 e. The highest BCUT2D eigenvalue weighted by Gasteiger charge is 2.05. The van der Waals surface area contributed by atoms with Crippen molar-refractivity contribution in [2.24, 2.45) is 0 Å². The molecule has 1 aromatic heterocycles. The first kappa shape index (κ1) is 12.8. The summed E-state index contributed by atoms with van der Waals surface area (Å²) in [7, 11) is 1.68. The van der Waals surface area contributed by atoms with Crippen LogP contribution < -0.4 is 10.1 Å². The van der Waals surface area contributed by atoms with Crippen LogP contribution in [0, 0.1) is 0 Å². The number of pyridine rings is 1. The fraction of sp³-hybridized carbons (Fsp3) is 0.400. The van der Waals surface area contributed by atoms with E-state index in [1.807, 2.05) is 12.1 Å². The number of hydrogen-bond donors (Lipinski definition) is 1. The molecular formula is C15H20N2O. The number of rotatable bonds is 5. The minimum atomic E-state index is 0.514. The van der Waals surface area contributed by atoms with Crippen LogP contribution in [0.1, 0.15) is 26.0 Å². The fourth-order valence-electron chi connectivity index (χ4n) is 1.85. The Bertz CT molecular complexity index is 525. The maximum atomic E-state index is 5.35. The SMILES string of the molecule is CCC(C)NCc1ccc2cccc(OC)c2n1. The van der Waals surface area contributed by atoms with Crippen molar-refractivity contribution >= 4 is 10.9 Å². The molecule has 2 rings (SSSR count). The second-order valence-electron chi connectivity index (χ2n) is 4.52. The van der Waals surface area contributed by atoms with Crippen molar-refractivity contribution < 1.29 is 4.74 Å². The minimum absolute atomic E-state index is 0.514. The summed E-state index contributed by atoms with van der Waals surface area (Å²) in [5.74, 6) is 0.831. The lowest BCUT2D eigenvalue weighted by Gasteiger charge is -2.11. The smallest absolute Gasteiger partial charge is 0.145 e. The summed E-state index contributed by atoms with van der Waals surface area (Å²) in [4.78, 5) is 4.66. The first-order valence-corrected chi connectivity index (χ1v) is 6.40. The van der Waals surface area contributed by atoms with Crippen molar-refractivity contribution in [2.45, 2.75) is 32.9 Å². The molecule has 0 aliphatic rings. The Morgan fingerprint density at radius 3 is 2.83 bits per heavy atom. The Hall–Kier alpha value is -1.61. The van der Waals surface area contributed by atoms with Gasteiger partial charge in [-0.2, -0.15) is 0 Å². The van der Waals surface area contributed by atoms with E-state index in [1.54, 1.807) is 7.11 Å². The Kier molecular flexibility index (Phi) is 4.15. The van der Waals surface area contributed by atoms with Gasteiger partial charge in [-0.1, -0.05) is 25.1 Å². The summed E-state index contributed by atoms with van der Waals surface area (Å²) in [6.07, 6.45) is 1.12. The lowest BCUT2D eigenvalue weighted by Crippen LogP contribution is -2.24. The van der Waals surface area contributed by atoms with Gasteiger partial charge >= 0.3 is 0 Å². The summed E-state index contributed by atoms with van der Waals surface area (Å²) in [6.45, 7) is 5.15. The van der Waals surface area contributed by atoms with Crippen LogP contribution in [0.5, 0.6) is 5.75 Å². The van der Waals surface area contributed by atoms with Crippen molar-refractivity contribution in [2.75, 3.05) is 7.11 Å². The van der Waals surface area contributed by atoms with E-state index >= 15 is 0 Å². The molecule has 3 nitrogen and oxygen atoms in total. The van der Waals surface area contributed by atoms with Crippen LogP contribution in [-0.4, -0.2) is 18.1 Å². The number of methoxy groups -OCH3 is 1. The standard InChI is InChI=1S/C15H20N2O/c1-4-11(2)16-10-13-9-8-12-6-5-7-14(18-3)15(12)17-13/h5-9,11,16H,4,10H2,1-3H3. The molecule has 0 aliphatic carbocycles. The molecule has 1 atom stereocenters. The molecule has 0 saturated heterocycles. The molecule has 18 heavy (non-hydrogen) atoms. The van der Waals surface area contributed by atoms with E-state index in [-0.39, 0.29) is 0 Å². The van der Waals surface area contributed by atoms with Crippen LogP contribution in [0.25, 0.3) is 10.9 Å². The summed E-state index contributed by atoms with van der Waals surface area (Å²) >= 11 is 0. The molecule has 0 fully saturated rings. The average molecular weight is 244 g/mol. The predicted octanol–water partition coefficient (Wildman–Crippen LogP) is 3.13. The molecule has 1 N–H and O–H groups in total. The third-order valence-corrected chi connectivity index (χ3v) is 3.20. The lowest BCUT2D eigenvalue weighted by molar-refractivity contribution is 0.418. The van der Waals surface area contributed by atoms with Gasteiger partial charge in [0.15, 0.2) is 0 Å². The monoisotopic (exact) mass is 244 g/mol. The van der Waals surface area contributed by atoms with Crippen molar-refractivity contribution in [1.29, 1.82) is 0 Å². The second-order valence-corrected chi connectivity index (χ2v) is 4.52.